The van der Waals surface area contributed by atoms with Crippen molar-refractivity contribution in [2.75, 3.05) is 5.32 Å². The molecule has 3 N–H and O–H groups in total. The second kappa shape index (κ2) is 4.81. The van der Waals surface area contributed by atoms with Crippen LogP contribution in [-0.2, 0) is 14.8 Å². The number of benzene rings is 1. The molecule has 0 unspecified atom stereocenters. The highest BCUT2D eigenvalue weighted by atomic mass is 35.5. The molecule has 1 amide bonds. The Labute approximate surface area is 109 Å². The lowest BCUT2D eigenvalue weighted by atomic mass is 10.8. The molecule has 17 heavy (non-hydrogen) atoms. The number of nitrogens with two attached hydrogens (primary N) is 1. The molecule has 0 bridgehead atoms. The standard InChI is InChI=1S/C9H10Cl2N2O3S/c1-4-7(17(12,15)16)3-6(10)9(8(4)11)13-5(2)14/h3H,1-2H3,(H,13,14)(H2,12,15,16)/i3+2,4+2,6+2,7+2,8+2,9+2. The number of carbonyl (C=O) groups excluding carboxylic acids is 1. The lowest BCUT2D eigenvalue weighted by molar-refractivity contribution is -0.114. The Morgan fingerprint density at radius 1 is 1.41 bits per heavy atom. The largest absolute Gasteiger partial charge is 0.324 e. The highest BCUT2D eigenvalue weighted by Gasteiger charge is 2.19. The van der Waals surface area contributed by atoms with E-state index >= 15 is 0 Å². The number of hydrogen-bond donors (Lipinski definition) is 2. The molecule has 0 fully saturated rings. The summed E-state index contributed by atoms with van der Waals surface area (Å²) in [7, 11) is -3.91. The van der Waals surface area contributed by atoms with Crippen LogP contribution in [0.2, 0.25) is 10.0 Å². The molecule has 94 valence electrons. The molecule has 0 atom stereocenters. The first-order valence-electron chi connectivity index (χ1n) is 4.43. The van der Waals surface area contributed by atoms with Crippen molar-refractivity contribution >= 4 is 44.8 Å². The summed E-state index contributed by atoms with van der Waals surface area (Å²) in [6.45, 7) is 2.76. The summed E-state index contributed by atoms with van der Waals surface area (Å²) in [5, 5.41) is 7.50. The maximum Gasteiger partial charge on any atom is 0.238 e. The van der Waals surface area contributed by atoms with Crippen LogP contribution in [-0.4, -0.2) is 14.3 Å². The van der Waals surface area contributed by atoms with Gasteiger partial charge in [-0.25, -0.2) is 13.6 Å². The summed E-state index contributed by atoms with van der Waals surface area (Å²) in [4.78, 5) is 10.8. The minimum atomic E-state index is -3.91. The van der Waals surface area contributed by atoms with Gasteiger partial charge in [0, 0.05) is 6.92 Å². The molecule has 0 aliphatic heterocycles. The number of nitrogens with one attached hydrogen (secondary N) is 1. The normalized spacial score (nSPS) is 11.4. The fourth-order valence-corrected chi connectivity index (χ4v) is 2.76. The monoisotopic (exact) mass is 308 g/mol. The molecule has 1 rings (SSSR count). The van der Waals surface area contributed by atoms with Crippen LogP contribution in [0, 0.1) is 6.92 Å². The molecular weight excluding hydrogens is 299 g/mol. The number of carbonyl (C=O) groups is 1. The average Bonchev–Trinajstić information content (AvgIpc) is 2.16. The Hall–Kier alpha value is -0.820. The third-order valence-corrected chi connectivity index (χ3v) is 3.83. The van der Waals surface area contributed by atoms with Crippen LogP contribution in [0.25, 0.3) is 0 Å². The maximum absolute atomic E-state index is 11.3. The van der Waals surface area contributed by atoms with Gasteiger partial charge >= 0.3 is 0 Å². The Balaban J connectivity index is 3.53. The molecule has 0 spiro atoms. The maximum atomic E-state index is 11.3. The van der Waals surface area contributed by atoms with Gasteiger partial charge < -0.3 is 5.32 Å². The van der Waals surface area contributed by atoms with Crippen LogP contribution in [0.5, 0.6) is 0 Å². The molecule has 0 heterocycles. The van der Waals surface area contributed by atoms with Crippen molar-refractivity contribution in [3.63, 3.8) is 0 Å². The Morgan fingerprint density at radius 2 is 1.94 bits per heavy atom. The first-order valence-corrected chi connectivity index (χ1v) is 6.73. The zero-order valence-corrected chi connectivity index (χ0v) is 11.4. The molecule has 0 aliphatic carbocycles. The molecule has 5 nitrogen and oxygen atoms in total. The van der Waals surface area contributed by atoms with Crippen LogP contribution in [0.1, 0.15) is 12.5 Å². The van der Waals surface area contributed by atoms with Crippen LogP contribution >= 0.6 is 23.2 Å². The molecule has 8 heteroatoms. The lowest BCUT2D eigenvalue weighted by Crippen LogP contribution is -2.15. The fraction of sp³-hybridized carbons (Fsp3) is 0.222. The van der Waals surface area contributed by atoms with Crippen LogP contribution < -0.4 is 10.5 Å². The van der Waals surface area contributed by atoms with Gasteiger partial charge in [0.2, 0.25) is 15.9 Å². The van der Waals surface area contributed by atoms with E-state index in [9.17, 15) is 13.2 Å². The molecule has 0 saturated heterocycles. The summed E-state index contributed by atoms with van der Waals surface area (Å²) in [6, 6.07) is 1.16. The minimum Gasteiger partial charge on any atom is -0.324 e. The predicted molar refractivity (Wildman–Crippen MR) is 66.9 cm³/mol. The van der Waals surface area contributed by atoms with E-state index in [-0.39, 0.29) is 32.1 Å². The fourth-order valence-electron chi connectivity index (χ4n) is 1.28. The summed E-state index contributed by atoms with van der Waals surface area (Å²) < 4.78 is 22.5. The number of rotatable bonds is 2. The van der Waals surface area contributed by atoms with Gasteiger partial charge in [-0.1, -0.05) is 23.2 Å². The lowest BCUT2D eigenvalue weighted by Gasteiger charge is -2.13. The zero-order chi connectivity index (χ0) is 13.4. The second-order valence-electron chi connectivity index (χ2n) is 3.40. The smallest absolute Gasteiger partial charge is 0.238 e. The number of primary sulfonamides is 1. The first kappa shape index (κ1) is 14.2. The van der Waals surface area contributed by atoms with Crippen molar-refractivity contribution in [3.8, 4) is 0 Å². The van der Waals surface area contributed by atoms with Crippen LogP contribution in [0.3, 0.4) is 0 Å². The van der Waals surface area contributed by atoms with Gasteiger partial charge in [0.05, 0.1) is 20.6 Å². The SMILES string of the molecule is CC(=O)N[14c]1[14c](Cl)[14cH][14c](S(N)(=O)=O)[14c](C)[14c]1Cl. The predicted octanol–water partition coefficient (Wildman–Crippen LogP) is 1.91. The van der Waals surface area contributed by atoms with Gasteiger partial charge in [0.1, 0.15) is 0 Å². The number of amides is 1. The molecule has 0 saturated carbocycles. The van der Waals surface area contributed by atoms with E-state index in [1.54, 1.807) is 0 Å². The number of hydrogen-bond acceptors (Lipinski definition) is 3. The highest BCUT2D eigenvalue weighted by molar-refractivity contribution is 7.89. The van der Waals surface area contributed by atoms with E-state index in [2.05, 4.69) is 5.32 Å². The molecule has 0 radical (unpaired) electrons. The second-order valence-corrected chi connectivity index (χ2v) is 5.71. The van der Waals surface area contributed by atoms with E-state index in [4.69, 9.17) is 28.3 Å². The van der Waals surface area contributed by atoms with E-state index in [0.717, 1.165) is 6.07 Å². The Bertz CT molecular complexity index is 584. The van der Waals surface area contributed by atoms with E-state index in [1.807, 2.05) is 0 Å². The molecule has 0 aromatic heterocycles. The highest BCUT2D eigenvalue weighted by Crippen LogP contribution is 2.36. The van der Waals surface area contributed by atoms with Gasteiger partial charge in [-0.05, 0) is 18.6 Å². The number of halogens is 2. The van der Waals surface area contributed by atoms with E-state index in [0.29, 0.717) is 0 Å². The summed E-state index contributed by atoms with van der Waals surface area (Å²) in [6.07, 6.45) is 0. The van der Waals surface area contributed by atoms with E-state index in [1.165, 1.54) is 13.8 Å². The molecule has 1 aromatic rings. The third-order valence-electron chi connectivity index (χ3n) is 2.02. The molecular formula is C9H10Cl2N2O3S. The zero-order valence-electron chi connectivity index (χ0n) is 9.04. The molecule has 0 aliphatic rings. The number of sulfonamides is 1. The summed E-state index contributed by atoms with van der Waals surface area (Å²) >= 11 is 11.8. The van der Waals surface area contributed by atoms with Crippen LogP contribution in [0.15, 0.2) is 11.0 Å². The van der Waals surface area contributed by atoms with Gasteiger partial charge in [0.15, 0.2) is 0 Å². The molecule has 1 aromatic carbocycles. The summed E-state index contributed by atoms with van der Waals surface area (Å²) in [5.74, 6) is -0.364. The van der Waals surface area contributed by atoms with Gasteiger partial charge in [-0.3, -0.25) is 4.79 Å². The average molecular weight is 309 g/mol. The number of anilines is 1. The summed E-state index contributed by atoms with van der Waals surface area (Å²) in [5.41, 5.74) is 0.410. The third kappa shape index (κ3) is 3.10. The van der Waals surface area contributed by atoms with Crippen molar-refractivity contribution in [2.45, 2.75) is 18.7 Å². The van der Waals surface area contributed by atoms with Crippen molar-refractivity contribution < 1.29 is 13.2 Å². The Kier molecular flexibility index (Phi) is 4.03. The van der Waals surface area contributed by atoms with Gasteiger partial charge in [-0.15, -0.1) is 0 Å². The van der Waals surface area contributed by atoms with Crippen molar-refractivity contribution in [3.05, 3.63) is 21.7 Å². The van der Waals surface area contributed by atoms with Crippen molar-refractivity contribution in [1.82, 2.24) is 0 Å². The van der Waals surface area contributed by atoms with Crippen molar-refractivity contribution in [2.24, 2.45) is 5.14 Å². The van der Waals surface area contributed by atoms with Gasteiger partial charge in [-0.2, -0.15) is 0 Å². The topological polar surface area (TPSA) is 89.3 Å². The van der Waals surface area contributed by atoms with Crippen molar-refractivity contribution in [1.29, 1.82) is 0 Å². The first-order chi connectivity index (χ1) is 7.64. The quantitative estimate of drug-likeness (QED) is 0.874. The minimum absolute atomic E-state index is 0.0137. The Morgan fingerprint density at radius 3 is 2.35 bits per heavy atom. The van der Waals surface area contributed by atoms with Crippen LogP contribution in [0.4, 0.5) is 5.69 Å². The van der Waals surface area contributed by atoms with E-state index < -0.39 is 10.0 Å². The van der Waals surface area contributed by atoms with Gasteiger partial charge in [0.25, 0.3) is 0 Å².